The highest BCUT2D eigenvalue weighted by Gasteiger charge is 2.11. The van der Waals surface area contributed by atoms with Crippen molar-refractivity contribution in [3.63, 3.8) is 0 Å². The van der Waals surface area contributed by atoms with Crippen molar-refractivity contribution in [1.82, 2.24) is 15.0 Å². The summed E-state index contributed by atoms with van der Waals surface area (Å²) in [6.45, 7) is 0.205. The van der Waals surface area contributed by atoms with E-state index in [4.69, 9.17) is 16.3 Å². The van der Waals surface area contributed by atoms with E-state index in [1.165, 1.54) is 12.5 Å². The Morgan fingerprint density at radius 1 is 1.14 bits per heavy atom. The Labute approximate surface area is 125 Å². The molecule has 0 aliphatic carbocycles. The van der Waals surface area contributed by atoms with Crippen LogP contribution in [0.3, 0.4) is 0 Å². The number of hydrogen-bond acceptors (Lipinski definition) is 5. The molecule has 0 saturated heterocycles. The highest BCUT2D eigenvalue weighted by Crippen LogP contribution is 2.19. The summed E-state index contributed by atoms with van der Waals surface area (Å²) in [6, 6.07) is 11.0. The topological polar surface area (TPSA) is 65.0 Å². The largest absolute Gasteiger partial charge is 0.457 e. The van der Waals surface area contributed by atoms with Gasteiger partial charge in [0.15, 0.2) is 5.65 Å². The van der Waals surface area contributed by atoms with Crippen molar-refractivity contribution in [2.45, 2.75) is 6.61 Å². The van der Waals surface area contributed by atoms with Gasteiger partial charge < -0.3 is 4.74 Å². The number of pyridine rings is 1. The van der Waals surface area contributed by atoms with Gasteiger partial charge in [0, 0.05) is 6.20 Å². The zero-order valence-electron chi connectivity index (χ0n) is 10.9. The van der Waals surface area contributed by atoms with E-state index in [0.717, 1.165) is 5.56 Å². The molecule has 0 bridgehead atoms. The molecule has 3 rings (SSSR count). The first-order chi connectivity index (χ1) is 10.2. The number of fused-ring (bicyclic) bond motifs is 1. The molecule has 0 saturated carbocycles. The van der Waals surface area contributed by atoms with Crippen molar-refractivity contribution < 1.29 is 9.53 Å². The van der Waals surface area contributed by atoms with Crippen LogP contribution in [-0.4, -0.2) is 20.9 Å². The normalized spacial score (nSPS) is 10.5. The summed E-state index contributed by atoms with van der Waals surface area (Å²) in [5.74, 6) is -0.465. The maximum absolute atomic E-state index is 12.0. The Hall–Kier alpha value is -2.53. The lowest BCUT2D eigenvalue weighted by atomic mass is 10.2. The quantitative estimate of drug-likeness (QED) is 0.549. The first kappa shape index (κ1) is 13.5. The average molecular weight is 300 g/mol. The standard InChI is InChI=1S/C15H10ClN3O2/c16-13-12-6-11(7-17-14(12)19-9-18-13)15(20)21-8-10-4-2-1-3-5-10/h1-7,9H,8H2. The molecule has 104 valence electrons. The first-order valence-corrected chi connectivity index (χ1v) is 6.59. The number of halogens is 1. The Morgan fingerprint density at radius 3 is 2.76 bits per heavy atom. The number of hydrogen-bond donors (Lipinski definition) is 0. The van der Waals surface area contributed by atoms with Crippen molar-refractivity contribution in [2.24, 2.45) is 0 Å². The molecular weight excluding hydrogens is 290 g/mol. The van der Waals surface area contributed by atoms with E-state index in [9.17, 15) is 4.79 Å². The molecule has 0 spiro atoms. The van der Waals surface area contributed by atoms with Gasteiger partial charge in [0.25, 0.3) is 0 Å². The first-order valence-electron chi connectivity index (χ1n) is 6.21. The van der Waals surface area contributed by atoms with Gasteiger partial charge in [-0.1, -0.05) is 41.9 Å². The Morgan fingerprint density at radius 2 is 1.95 bits per heavy atom. The number of esters is 1. The summed E-state index contributed by atoms with van der Waals surface area (Å²) in [4.78, 5) is 23.9. The molecule has 2 aromatic heterocycles. The maximum Gasteiger partial charge on any atom is 0.340 e. The third-order valence-electron chi connectivity index (χ3n) is 2.89. The van der Waals surface area contributed by atoms with Crippen LogP contribution in [0.25, 0.3) is 11.0 Å². The lowest BCUT2D eigenvalue weighted by molar-refractivity contribution is 0.0472. The molecule has 5 nitrogen and oxygen atoms in total. The molecule has 0 atom stereocenters. The molecule has 0 N–H and O–H groups in total. The molecule has 0 fully saturated rings. The summed E-state index contributed by atoms with van der Waals surface area (Å²) in [5, 5.41) is 0.776. The molecule has 1 aromatic carbocycles. The van der Waals surface area contributed by atoms with Gasteiger partial charge in [-0.25, -0.2) is 19.7 Å². The molecular formula is C15H10ClN3O2. The second kappa shape index (κ2) is 5.85. The van der Waals surface area contributed by atoms with Gasteiger partial charge in [0.2, 0.25) is 0 Å². The minimum atomic E-state index is -0.465. The SMILES string of the molecule is O=C(OCc1ccccc1)c1cnc2ncnc(Cl)c2c1. The number of carbonyl (C=O) groups excluding carboxylic acids is 1. The fourth-order valence-electron chi connectivity index (χ4n) is 1.83. The molecule has 2 heterocycles. The fraction of sp³-hybridized carbons (Fsp3) is 0.0667. The minimum Gasteiger partial charge on any atom is -0.457 e. The molecule has 3 aromatic rings. The third-order valence-corrected chi connectivity index (χ3v) is 3.19. The van der Waals surface area contributed by atoms with Crippen LogP contribution in [0, 0.1) is 0 Å². The van der Waals surface area contributed by atoms with Crippen LogP contribution >= 0.6 is 11.6 Å². The van der Waals surface area contributed by atoms with Crippen molar-refractivity contribution in [3.8, 4) is 0 Å². The van der Waals surface area contributed by atoms with E-state index in [1.807, 2.05) is 30.3 Å². The summed E-state index contributed by atoms with van der Waals surface area (Å²) in [6.07, 6.45) is 2.74. The predicted molar refractivity (Wildman–Crippen MR) is 77.9 cm³/mol. The van der Waals surface area contributed by atoms with Gasteiger partial charge in [-0.2, -0.15) is 0 Å². The lowest BCUT2D eigenvalue weighted by Gasteiger charge is -2.05. The zero-order valence-corrected chi connectivity index (χ0v) is 11.6. The number of aromatic nitrogens is 3. The van der Waals surface area contributed by atoms with Gasteiger partial charge in [0.05, 0.1) is 10.9 Å². The maximum atomic E-state index is 12.0. The summed E-state index contributed by atoms with van der Waals surface area (Å²) in [7, 11) is 0. The van der Waals surface area contributed by atoms with Crippen LogP contribution in [0.1, 0.15) is 15.9 Å². The minimum absolute atomic E-state index is 0.205. The fourth-order valence-corrected chi connectivity index (χ4v) is 2.02. The summed E-state index contributed by atoms with van der Waals surface area (Å²) in [5.41, 5.74) is 1.67. The summed E-state index contributed by atoms with van der Waals surface area (Å²) < 4.78 is 5.24. The smallest absolute Gasteiger partial charge is 0.340 e. The van der Waals surface area contributed by atoms with Crippen LogP contribution in [-0.2, 0) is 11.3 Å². The van der Waals surface area contributed by atoms with Crippen LogP contribution in [0.15, 0.2) is 48.9 Å². The van der Waals surface area contributed by atoms with Crippen LogP contribution < -0.4 is 0 Å². The van der Waals surface area contributed by atoms with Gasteiger partial charge in [-0.05, 0) is 11.6 Å². The van der Waals surface area contributed by atoms with E-state index >= 15 is 0 Å². The van der Waals surface area contributed by atoms with Gasteiger partial charge in [-0.3, -0.25) is 0 Å². The van der Waals surface area contributed by atoms with E-state index < -0.39 is 5.97 Å². The molecule has 6 heteroatoms. The number of ether oxygens (including phenoxy) is 1. The van der Waals surface area contributed by atoms with Crippen molar-refractivity contribution in [2.75, 3.05) is 0 Å². The Balaban J connectivity index is 1.80. The van der Waals surface area contributed by atoms with Gasteiger partial charge in [-0.15, -0.1) is 0 Å². The molecule has 0 radical (unpaired) electrons. The highest BCUT2D eigenvalue weighted by atomic mass is 35.5. The van der Waals surface area contributed by atoms with E-state index in [0.29, 0.717) is 16.6 Å². The number of carbonyl (C=O) groups is 1. The van der Waals surface area contributed by atoms with Gasteiger partial charge in [0.1, 0.15) is 18.1 Å². The summed E-state index contributed by atoms with van der Waals surface area (Å²) >= 11 is 5.96. The number of rotatable bonds is 3. The molecule has 0 amide bonds. The van der Waals surface area contributed by atoms with E-state index in [-0.39, 0.29) is 11.8 Å². The van der Waals surface area contributed by atoms with Crippen molar-refractivity contribution in [3.05, 3.63) is 65.2 Å². The molecule has 0 unspecified atom stereocenters. The van der Waals surface area contributed by atoms with E-state index in [1.54, 1.807) is 6.07 Å². The molecule has 0 aliphatic rings. The molecule has 21 heavy (non-hydrogen) atoms. The van der Waals surface area contributed by atoms with Crippen LogP contribution in [0.5, 0.6) is 0 Å². The zero-order chi connectivity index (χ0) is 14.7. The monoisotopic (exact) mass is 299 g/mol. The van der Waals surface area contributed by atoms with Crippen LogP contribution in [0.4, 0.5) is 0 Å². The Kier molecular flexibility index (Phi) is 3.75. The predicted octanol–water partition coefficient (Wildman–Crippen LogP) is 3.04. The Bertz CT molecular complexity index is 793. The number of nitrogens with zero attached hydrogens (tertiary/aromatic N) is 3. The number of benzene rings is 1. The third kappa shape index (κ3) is 2.98. The average Bonchev–Trinajstić information content (AvgIpc) is 2.54. The van der Waals surface area contributed by atoms with Gasteiger partial charge >= 0.3 is 5.97 Å². The van der Waals surface area contributed by atoms with Crippen molar-refractivity contribution >= 4 is 28.6 Å². The van der Waals surface area contributed by atoms with Crippen molar-refractivity contribution in [1.29, 1.82) is 0 Å². The van der Waals surface area contributed by atoms with E-state index in [2.05, 4.69) is 15.0 Å². The highest BCUT2D eigenvalue weighted by molar-refractivity contribution is 6.33. The molecule has 0 aliphatic heterocycles. The van der Waals surface area contributed by atoms with Crippen LogP contribution in [0.2, 0.25) is 5.15 Å². The second-order valence-electron chi connectivity index (χ2n) is 4.32. The second-order valence-corrected chi connectivity index (χ2v) is 4.68. The lowest BCUT2D eigenvalue weighted by Crippen LogP contribution is -2.06.